The predicted molar refractivity (Wildman–Crippen MR) is 83.8 cm³/mol. The third-order valence-corrected chi connectivity index (χ3v) is 4.11. The van der Waals surface area contributed by atoms with Gasteiger partial charge in [0.15, 0.2) is 0 Å². The van der Waals surface area contributed by atoms with Crippen LogP contribution in [0.15, 0.2) is 48.5 Å². The highest BCUT2D eigenvalue weighted by Gasteiger charge is 2.40. The van der Waals surface area contributed by atoms with E-state index < -0.39 is 6.10 Å². The summed E-state index contributed by atoms with van der Waals surface area (Å²) in [6, 6.07) is 14.1. The Hall–Kier alpha value is -1.55. The third kappa shape index (κ3) is 2.77. The lowest BCUT2D eigenvalue weighted by atomic mass is 10.0. The molecule has 2 unspecified atom stereocenters. The van der Waals surface area contributed by atoms with Crippen LogP contribution in [0.3, 0.4) is 0 Å². The smallest absolute Gasteiger partial charge is 0.256 e. The molecule has 0 saturated carbocycles. The van der Waals surface area contributed by atoms with E-state index in [2.05, 4.69) is 0 Å². The molecular formula is C16H13Cl2NO2. The van der Waals surface area contributed by atoms with Crippen molar-refractivity contribution in [3.63, 3.8) is 0 Å². The van der Waals surface area contributed by atoms with Crippen LogP contribution in [-0.4, -0.2) is 17.1 Å². The van der Waals surface area contributed by atoms with Crippen molar-refractivity contribution in [2.45, 2.75) is 18.6 Å². The molecule has 21 heavy (non-hydrogen) atoms. The van der Waals surface area contributed by atoms with Crippen molar-refractivity contribution < 1.29 is 9.90 Å². The summed E-state index contributed by atoms with van der Waals surface area (Å²) in [5.41, 5.74) is 1.62. The number of hydrogen-bond acceptors (Lipinski definition) is 2. The lowest BCUT2D eigenvalue weighted by Gasteiger charge is -2.25. The summed E-state index contributed by atoms with van der Waals surface area (Å²) in [6.45, 7) is 0. The summed E-state index contributed by atoms with van der Waals surface area (Å²) in [5.74, 6) is -0.303. The number of amides is 1. The molecule has 0 radical (unpaired) electrons. The Bertz CT molecular complexity index is 672. The second-order valence-corrected chi connectivity index (χ2v) is 5.88. The average molecular weight is 322 g/mol. The van der Waals surface area contributed by atoms with Gasteiger partial charge in [-0.05, 0) is 42.0 Å². The first kappa shape index (κ1) is 14.4. The van der Waals surface area contributed by atoms with E-state index in [-0.39, 0.29) is 11.9 Å². The summed E-state index contributed by atoms with van der Waals surface area (Å²) in [4.78, 5) is 13.9. The van der Waals surface area contributed by atoms with Crippen LogP contribution < -0.4 is 4.90 Å². The number of nitrogens with zero attached hydrogens (tertiary/aromatic N) is 1. The Balaban J connectivity index is 2.02. The number of carbonyl (C=O) groups excluding carboxylic acids is 1. The van der Waals surface area contributed by atoms with E-state index >= 15 is 0 Å². The number of halogens is 2. The second-order valence-electron chi connectivity index (χ2n) is 5.01. The lowest BCUT2D eigenvalue weighted by molar-refractivity contribution is -0.124. The number of hydrogen-bond donors (Lipinski definition) is 1. The fraction of sp³-hybridized carbons (Fsp3) is 0.188. The van der Waals surface area contributed by atoms with E-state index in [4.69, 9.17) is 23.2 Å². The molecule has 0 aromatic heterocycles. The molecule has 1 amide bonds. The number of aliphatic hydroxyl groups is 1. The highest BCUT2D eigenvalue weighted by molar-refractivity contribution is 6.31. The number of carbonyl (C=O) groups is 1. The van der Waals surface area contributed by atoms with Crippen LogP contribution in [0, 0.1) is 0 Å². The highest BCUT2D eigenvalue weighted by Crippen LogP contribution is 2.38. The topological polar surface area (TPSA) is 40.5 Å². The summed E-state index contributed by atoms with van der Waals surface area (Å²) >= 11 is 11.9. The molecule has 1 saturated heterocycles. The van der Waals surface area contributed by atoms with Crippen molar-refractivity contribution in [2.24, 2.45) is 0 Å². The zero-order valence-electron chi connectivity index (χ0n) is 11.0. The van der Waals surface area contributed by atoms with Crippen molar-refractivity contribution in [3.8, 4) is 0 Å². The zero-order valence-corrected chi connectivity index (χ0v) is 12.6. The molecule has 0 bridgehead atoms. The molecule has 5 heteroatoms. The fourth-order valence-corrected chi connectivity index (χ4v) is 2.96. The number of rotatable bonds is 2. The average Bonchev–Trinajstić information content (AvgIpc) is 2.76. The Morgan fingerprint density at radius 3 is 2.43 bits per heavy atom. The maximum atomic E-state index is 12.3. The number of anilines is 1. The molecule has 108 valence electrons. The first-order chi connectivity index (χ1) is 10.1. The molecular weight excluding hydrogens is 309 g/mol. The van der Waals surface area contributed by atoms with Crippen LogP contribution in [0.2, 0.25) is 10.0 Å². The first-order valence-electron chi connectivity index (χ1n) is 6.58. The van der Waals surface area contributed by atoms with Gasteiger partial charge >= 0.3 is 0 Å². The van der Waals surface area contributed by atoms with Crippen molar-refractivity contribution in [3.05, 3.63) is 64.1 Å². The highest BCUT2D eigenvalue weighted by atomic mass is 35.5. The number of aliphatic hydroxyl groups excluding tert-OH is 1. The summed E-state index contributed by atoms with van der Waals surface area (Å²) in [5, 5.41) is 11.1. The molecule has 2 aromatic carbocycles. The van der Waals surface area contributed by atoms with E-state index in [9.17, 15) is 9.90 Å². The molecule has 2 atom stereocenters. The van der Waals surface area contributed by atoms with Crippen molar-refractivity contribution in [2.75, 3.05) is 4.90 Å². The Kier molecular flexibility index (Phi) is 3.89. The van der Waals surface area contributed by atoms with E-state index in [1.54, 1.807) is 35.2 Å². The molecule has 1 N–H and O–H groups in total. The maximum absolute atomic E-state index is 12.3. The minimum absolute atomic E-state index is 0.229. The van der Waals surface area contributed by atoms with Gasteiger partial charge in [0.05, 0.1) is 6.04 Å². The SMILES string of the molecule is O=C1C(O)CC(c2cccc(Cl)c2)N1c1ccc(Cl)cc1. The summed E-state index contributed by atoms with van der Waals surface area (Å²) in [7, 11) is 0. The van der Waals surface area contributed by atoms with Crippen molar-refractivity contribution in [1.29, 1.82) is 0 Å². The molecule has 1 heterocycles. The molecule has 3 rings (SSSR count). The van der Waals surface area contributed by atoms with Crippen LogP contribution in [0.1, 0.15) is 18.0 Å². The molecule has 1 fully saturated rings. The zero-order chi connectivity index (χ0) is 15.0. The van der Waals surface area contributed by atoms with Gasteiger partial charge in [-0.3, -0.25) is 4.79 Å². The minimum Gasteiger partial charge on any atom is -0.383 e. The van der Waals surface area contributed by atoms with E-state index in [1.807, 2.05) is 18.2 Å². The van der Waals surface area contributed by atoms with Gasteiger partial charge in [-0.25, -0.2) is 0 Å². The van der Waals surface area contributed by atoms with E-state index in [0.29, 0.717) is 22.2 Å². The predicted octanol–water partition coefficient (Wildman–Crippen LogP) is 3.83. The molecule has 0 aliphatic carbocycles. The largest absolute Gasteiger partial charge is 0.383 e. The normalized spacial score (nSPS) is 21.9. The van der Waals surface area contributed by atoms with Crippen LogP contribution in [0.25, 0.3) is 0 Å². The molecule has 3 nitrogen and oxygen atoms in total. The van der Waals surface area contributed by atoms with Gasteiger partial charge in [-0.15, -0.1) is 0 Å². The standard InChI is InChI=1S/C16H13Cl2NO2/c17-11-4-6-13(7-5-11)19-14(9-15(20)16(19)21)10-2-1-3-12(18)8-10/h1-8,14-15,20H,9H2. The van der Waals surface area contributed by atoms with Crippen LogP contribution >= 0.6 is 23.2 Å². The van der Waals surface area contributed by atoms with Crippen LogP contribution in [0.4, 0.5) is 5.69 Å². The minimum atomic E-state index is -0.996. The van der Waals surface area contributed by atoms with Gasteiger partial charge in [0.1, 0.15) is 6.10 Å². The van der Waals surface area contributed by atoms with Gasteiger partial charge in [0.2, 0.25) is 0 Å². The van der Waals surface area contributed by atoms with E-state index in [0.717, 1.165) is 5.56 Å². The first-order valence-corrected chi connectivity index (χ1v) is 7.34. The summed E-state index contributed by atoms with van der Waals surface area (Å²) < 4.78 is 0. The Morgan fingerprint density at radius 1 is 1.05 bits per heavy atom. The van der Waals surface area contributed by atoms with Crippen molar-refractivity contribution in [1.82, 2.24) is 0 Å². The quantitative estimate of drug-likeness (QED) is 0.913. The van der Waals surface area contributed by atoms with Gasteiger partial charge in [-0.2, -0.15) is 0 Å². The lowest BCUT2D eigenvalue weighted by Crippen LogP contribution is -2.30. The van der Waals surface area contributed by atoms with Gasteiger partial charge in [0.25, 0.3) is 5.91 Å². The maximum Gasteiger partial charge on any atom is 0.256 e. The Labute approximate surface area is 132 Å². The molecule has 2 aromatic rings. The third-order valence-electron chi connectivity index (χ3n) is 3.62. The molecule has 0 spiro atoms. The molecule has 1 aliphatic heterocycles. The second kappa shape index (κ2) is 5.68. The van der Waals surface area contributed by atoms with E-state index in [1.165, 1.54) is 0 Å². The number of benzene rings is 2. The van der Waals surface area contributed by atoms with Crippen molar-refractivity contribution >= 4 is 34.8 Å². The van der Waals surface area contributed by atoms with Crippen LogP contribution in [0.5, 0.6) is 0 Å². The molecule has 1 aliphatic rings. The monoisotopic (exact) mass is 321 g/mol. The Morgan fingerprint density at radius 2 is 1.76 bits per heavy atom. The fourth-order valence-electron chi connectivity index (χ4n) is 2.64. The van der Waals surface area contributed by atoms with Gasteiger partial charge < -0.3 is 10.0 Å². The van der Waals surface area contributed by atoms with Crippen LogP contribution in [-0.2, 0) is 4.79 Å². The summed E-state index contributed by atoms with van der Waals surface area (Å²) in [6.07, 6.45) is -0.647. The van der Waals surface area contributed by atoms with Gasteiger partial charge in [0, 0.05) is 22.2 Å². The van der Waals surface area contributed by atoms with Gasteiger partial charge in [-0.1, -0.05) is 35.3 Å².